The summed E-state index contributed by atoms with van der Waals surface area (Å²) in [4.78, 5) is 12.6. The third kappa shape index (κ3) is 12.1. The van der Waals surface area contributed by atoms with E-state index in [0.717, 1.165) is 61.4 Å². The summed E-state index contributed by atoms with van der Waals surface area (Å²) >= 11 is 2.36. The van der Waals surface area contributed by atoms with Crippen molar-refractivity contribution in [3.8, 4) is 23.0 Å². The Morgan fingerprint density at radius 3 is 2.06 bits per heavy atom. The van der Waals surface area contributed by atoms with Crippen LogP contribution in [0.15, 0.2) is 6.07 Å². The van der Waals surface area contributed by atoms with Gasteiger partial charge in [0.25, 0.3) is 0 Å². The molecule has 0 saturated heterocycles. The van der Waals surface area contributed by atoms with Crippen LogP contribution < -0.4 is 24.3 Å². The summed E-state index contributed by atoms with van der Waals surface area (Å²) in [6.07, 6.45) is 8.27. The maximum atomic E-state index is 12.6. The van der Waals surface area contributed by atoms with Gasteiger partial charge in [0.15, 0.2) is 11.5 Å². The van der Waals surface area contributed by atoms with Gasteiger partial charge in [-0.05, 0) is 63.4 Å². The average molecular weight is 622 g/mol. The molecule has 1 aromatic rings. The molecule has 0 aliphatic rings. The number of halogens is 1. The normalized spacial score (nSPS) is 12.1. The number of carbonyl (C=O) groups excluding carboxylic acids is 1. The number of hydrogen-bond acceptors (Lipinski definition) is 6. The Bertz CT molecular complexity index is 765. The SMILES string of the molecule is CCCCCOc1cc(CC(CCCI)NC(=O)OC(C)(C)C)c(OCCCCC)c(OC)c1OC. The number of amides is 1. The van der Waals surface area contributed by atoms with Crippen molar-refractivity contribution in [3.05, 3.63) is 11.6 Å². The van der Waals surface area contributed by atoms with Crippen LogP contribution in [0.2, 0.25) is 0 Å². The highest BCUT2D eigenvalue weighted by atomic mass is 127. The molecule has 7 nitrogen and oxygen atoms in total. The second-order valence-corrected chi connectivity index (χ2v) is 11.0. The molecule has 1 rings (SSSR count). The van der Waals surface area contributed by atoms with Gasteiger partial charge in [-0.1, -0.05) is 62.1 Å². The fourth-order valence-corrected chi connectivity index (χ4v) is 4.24. The summed E-state index contributed by atoms with van der Waals surface area (Å²) in [7, 11) is 3.23. The van der Waals surface area contributed by atoms with E-state index in [9.17, 15) is 4.79 Å². The van der Waals surface area contributed by atoms with Gasteiger partial charge in [-0.2, -0.15) is 0 Å². The largest absolute Gasteiger partial charge is 0.490 e. The number of ether oxygens (including phenoxy) is 5. The van der Waals surface area contributed by atoms with Crippen LogP contribution in [0.4, 0.5) is 4.79 Å². The molecule has 0 bridgehead atoms. The zero-order valence-corrected chi connectivity index (χ0v) is 25.6. The van der Waals surface area contributed by atoms with Crippen molar-refractivity contribution in [2.45, 2.75) is 104 Å². The zero-order valence-electron chi connectivity index (χ0n) is 23.5. The standard InChI is InChI=1S/C28H48INO6/c1-8-10-12-17-34-23-20-21(19-22(15-14-16-29)30-27(31)36-28(3,4)5)24(35-18-13-11-9-2)26(33-7)25(23)32-6/h20,22H,8-19H2,1-7H3,(H,30,31). The van der Waals surface area contributed by atoms with Gasteiger partial charge < -0.3 is 29.0 Å². The number of alkyl carbamates (subject to hydrolysis) is 1. The maximum absolute atomic E-state index is 12.6. The average Bonchev–Trinajstić information content (AvgIpc) is 2.82. The van der Waals surface area contributed by atoms with E-state index in [4.69, 9.17) is 23.7 Å². The number of carbonyl (C=O) groups is 1. The molecule has 0 spiro atoms. The van der Waals surface area contributed by atoms with E-state index >= 15 is 0 Å². The van der Waals surface area contributed by atoms with Gasteiger partial charge in [0.1, 0.15) is 5.60 Å². The van der Waals surface area contributed by atoms with Crippen molar-refractivity contribution in [2.24, 2.45) is 0 Å². The van der Waals surface area contributed by atoms with E-state index in [0.29, 0.717) is 42.6 Å². The first-order chi connectivity index (χ1) is 17.2. The van der Waals surface area contributed by atoms with E-state index < -0.39 is 11.7 Å². The molecule has 36 heavy (non-hydrogen) atoms. The van der Waals surface area contributed by atoms with E-state index in [1.807, 2.05) is 26.8 Å². The molecule has 208 valence electrons. The quantitative estimate of drug-likeness (QED) is 0.104. The number of methoxy groups -OCH3 is 2. The van der Waals surface area contributed by atoms with E-state index in [-0.39, 0.29) is 6.04 Å². The minimum atomic E-state index is -0.561. The molecule has 1 atom stereocenters. The highest BCUT2D eigenvalue weighted by Crippen LogP contribution is 2.47. The van der Waals surface area contributed by atoms with Gasteiger partial charge in [-0.3, -0.25) is 0 Å². The molecule has 1 unspecified atom stereocenters. The molecule has 0 aromatic heterocycles. The molecule has 0 saturated carbocycles. The first-order valence-corrected chi connectivity index (χ1v) is 14.8. The van der Waals surface area contributed by atoms with Crippen molar-refractivity contribution in [3.63, 3.8) is 0 Å². The number of hydrogen-bond donors (Lipinski definition) is 1. The molecule has 0 heterocycles. The predicted molar refractivity (Wildman–Crippen MR) is 155 cm³/mol. The third-order valence-electron chi connectivity index (χ3n) is 5.51. The van der Waals surface area contributed by atoms with Crippen LogP contribution in [0.1, 0.15) is 91.5 Å². The second-order valence-electron chi connectivity index (χ2n) is 9.92. The Morgan fingerprint density at radius 2 is 1.53 bits per heavy atom. The number of alkyl halides is 1. The summed E-state index contributed by atoms with van der Waals surface area (Å²) in [6.45, 7) is 11.1. The Hall–Kier alpha value is -1.58. The monoisotopic (exact) mass is 621 g/mol. The lowest BCUT2D eigenvalue weighted by Gasteiger charge is -2.25. The Kier molecular flexibility index (Phi) is 16.0. The van der Waals surface area contributed by atoms with Crippen LogP contribution in [0, 0.1) is 0 Å². The Morgan fingerprint density at radius 1 is 0.917 bits per heavy atom. The van der Waals surface area contributed by atoms with E-state index in [1.165, 1.54) is 0 Å². The highest BCUT2D eigenvalue weighted by molar-refractivity contribution is 14.1. The molecule has 0 radical (unpaired) electrons. The zero-order chi connectivity index (χ0) is 27.0. The van der Waals surface area contributed by atoms with Crippen molar-refractivity contribution >= 4 is 28.7 Å². The Labute approximate surface area is 232 Å². The van der Waals surface area contributed by atoms with Crippen LogP contribution in [0.5, 0.6) is 23.0 Å². The van der Waals surface area contributed by atoms with Crippen LogP contribution in [-0.4, -0.2) is 49.6 Å². The van der Waals surface area contributed by atoms with Crippen LogP contribution in [-0.2, 0) is 11.2 Å². The molecule has 0 fully saturated rings. The summed E-state index contributed by atoms with van der Waals surface area (Å²) < 4.78 is 30.5. The maximum Gasteiger partial charge on any atom is 0.407 e. The molecular formula is C28H48INO6. The second kappa shape index (κ2) is 17.8. The lowest BCUT2D eigenvalue weighted by Crippen LogP contribution is -2.40. The molecule has 8 heteroatoms. The molecular weight excluding hydrogens is 573 g/mol. The van der Waals surface area contributed by atoms with Crippen molar-refractivity contribution in [1.29, 1.82) is 0 Å². The van der Waals surface area contributed by atoms with E-state index in [1.54, 1.807) is 14.2 Å². The number of benzene rings is 1. The third-order valence-corrected chi connectivity index (χ3v) is 6.28. The predicted octanol–water partition coefficient (Wildman–Crippen LogP) is 7.49. The first kappa shape index (κ1) is 32.4. The fourth-order valence-electron chi connectivity index (χ4n) is 3.79. The summed E-state index contributed by atoms with van der Waals surface area (Å²) in [5, 5.41) is 3.07. The topological polar surface area (TPSA) is 75.3 Å². The minimum absolute atomic E-state index is 0.126. The van der Waals surface area contributed by atoms with Crippen molar-refractivity contribution in [1.82, 2.24) is 5.32 Å². The van der Waals surface area contributed by atoms with Gasteiger partial charge in [0, 0.05) is 11.6 Å². The lowest BCUT2D eigenvalue weighted by molar-refractivity contribution is 0.0501. The van der Waals surface area contributed by atoms with Gasteiger partial charge >= 0.3 is 6.09 Å². The number of nitrogens with one attached hydrogen (secondary N) is 1. The van der Waals surface area contributed by atoms with Gasteiger partial charge in [-0.15, -0.1) is 0 Å². The summed E-state index contributed by atoms with van der Waals surface area (Å²) in [5.74, 6) is 2.34. The molecule has 1 amide bonds. The van der Waals surface area contributed by atoms with Crippen molar-refractivity contribution in [2.75, 3.05) is 31.9 Å². The molecule has 1 aromatic carbocycles. The summed E-state index contributed by atoms with van der Waals surface area (Å²) in [6, 6.07) is 1.86. The molecule has 1 N–H and O–H groups in total. The minimum Gasteiger partial charge on any atom is -0.490 e. The van der Waals surface area contributed by atoms with Crippen LogP contribution >= 0.6 is 22.6 Å². The number of rotatable bonds is 18. The number of unbranched alkanes of at least 4 members (excludes halogenated alkanes) is 4. The van der Waals surface area contributed by atoms with Crippen molar-refractivity contribution < 1.29 is 28.5 Å². The molecule has 0 aliphatic heterocycles. The smallest absolute Gasteiger partial charge is 0.407 e. The van der Waals surface area contributed by atoms with Gasteiger partial charge in [0.05, 0.1) is 27.4 Å². The Balaban J connectivity index is 3.36. The van der Waals surface area contributed by atoms with Crippen LogP contribution in [0.25, 0.3) is 0 Å². The highest BCUT2D eigenvalue weighted by Gasteiger charge is 2.26. The van der Waals surface area contributed by atoms with Crippen LogP contribution in [0.3, 0.4) is 0 Å². The first-order valence-electron chi connectivity index (χ1n) is 13.3. The molecule has 0 aliphatic carbocycles. The fraction of sp³-hybridized carbons (Fsp3) is 0.750. The van der Waals surface area contributed by atoms with Gasteiger partial charge in [-0.25, -0.2) is 4.79 Å². The van der Waals surface area contributed by atoms with E-state index in [2.05, 4.69) is 41.8 Å². The lowest BCUT2D eigenvalue weighted by atomic mass is 10.00. The van der Waals surface area contributed by atoms with Gasteiger partial charge in [0.2, 0.25) is 11.5 Å². The summed E-state index contributed by atoms with van der Waals surface area (Å²) in [5.41, 5.74) is 0.359.